The molecule has 0 rings (SSSR count). The first-order valence-corrected chi connectivity index (χ1v) is 3.25. The average molecular weight is 126 g/mol. The molecule has 0 heterocycles. The van der Waals surface area contributed by atoms with E-state index in [4.69, 9.17) is 5.53 Å². The van der Waals surface area contributed by atoms with Crippen molar-refractivity contribution in [3.8, 4) is 0 Å². The molecule has 9 heavy (non-hydrogen) atoms. The first-order valence-electron chi connectivity index (χ1n) is 3.25. The summed E-state index contributed by atoms with van der Waals surface area (Å²) in [6.45, 7) is 6.47. The molecule has 0 bridgehead atoms. The van der Waals surface area contributed by atoms with Crippen molar-refractivity contribution in [3.63, 3.8) is 0 Å². The van der Waals surface area contributed by atoms with Gasteiger partial charge in [-0.25, -0.2) is 5.53 Å². The number of hydrogen-bond donors (Lipinski definition) is 1. The molecule has 2 heteroatoms. The Hall–Kier alpha value is -0.660. The molecule has 0 aliphatic heterocycles. The van der Waals surface area contributed by atoms with Crippen LogP contribution in [0.2, 0.25) is 0 Å². The van der Waals surface area contributed by atoms with Crippen LogP contribution in [-0.2, 0) is 0 Å². The summed E-state index contributed by atoms with van der Waals surface area (Å²) in [4.78, 5) is 0. The third-order valence-corrected chi connectivity index (χ3v) is 1.12. The van der Waals surface area contributed by atoms with E-state index in [2.05, 4.69) is 11.7 Å². The molecular formula is C7H14N2. The monoisotopic (exact) mass is 126 g/mol. The van der Waals surface area contributed by atoms with E-state index in [1.54, 1.807) is 0 Å². The predicted octanol–water partition coefficient (Wildman–Crippen LogP) is 2.76. The average Bonchev–Trinajstić information content (AvgIpc) is 1.80. The molecule has 0 aromatic heterocycles. The topological polar surface area (TPSA) is 36.2 Å². The van der Waals surface area contributed by atoms with Gasteiger partial charge in [-0.15, -0.1) is 6.58 Å². The number of hydrogen-bond acceptors (Lipinski definition) is 2. The first kappa shape index (κ1) is 8.34. The number of nitrogens with zero attached hydrogens (tertiary/aromatic N) is 1. The van der Waals surface area contributed by atoms with Crippen LogP contribution in [0.5, 0.6) is 0 Å². The molecule has 0 aliphatic carbocycles. The SMILES string of the molecule is C=C(C)CCCCN=N. The number of unbranched alkanes of at least 4 members (excludes halogenated alkanes) is 1. The van der Waals surface area contributed by atoms with Gasteiger partial charge in [-0.1, -0.05) is 5.57 Å². The quantitative estimate of drug-likeness (QED) is 0.334. The van der Waals surface area contributed by atoms with Gasteiger partial charge in [0.15, 0.2) is 0 Å². The molecule has 0 radical (unpaired) electrons. The Labute approximate surface area is 56.5 Å². The van der Waals surface area contributed by atoms with E-state index < -0.39 is 0 Å². The van der Waals surface area contributed by atoms with Gasteiger partial charge < -0.3 is 0 Å². The lowest BCUT2D eigenvalue weighted by Crippen LogP contribution is -1.80. The van der Waals surface area contributed by atoms with Crippen molar-refractivity contribution in [2.24, 2.45) is 5.11 Å². The second kappa shape index (κ2) is 5.48. The highest BCUT2D eigenvalue weighted by molar-refractivity contribution is 4.86. The minimum absolute atomic E-state index is 0.674. The maximum Gasteiger partial charge on any atom is 0.0596 e. The van der Waals surface area contributed by atoms with Crippen molar-refractivity contribution in [2.45, 2.75) is 26.2 Å². The molecule has 0 aromatic rings. The second-order valence-corrected chi connectivity index (χ2v) is 2.30. The maximum absolute atomic E-state index is 6.49. The van der Waals surface area contributed by atoms with E-state index in [-0.39, 0.29) is 0 Å². The van der Waals surface area contributed by atoms with Crippen LogP contribution in [0.1, 0.15) is 26.2 Å². The third-order valence-electron chi connectivity index (χ3n) is 1.12. The molecule has 0 unspecified atom stereocenters. The van der Waals surface area contributed by atoms with Crippen molar-refractivity contribution in [1.82, 2.24) is 0 Å². The highest BCUT2D eigenvalue weighted by atomic mass is 14.9. The Morgan fingerprint density at radius 3 is 2.67 bits per heavy atom. The van der Waals surface area contributed by atoms with Crippen LogP contribution in [0.4, 0.5) is 0 Å². The lowest BCUT2D eigenvalue weighted by atomic mass is 10.1. The summed E-state index contributed by atoms with van der Waals surface area (Å²) in [7, 11) is 0. The van der Waals surface area contributed by atoms with E-state index in [0.29, 0.717) is 6.54 Å². The normalized spacial score (nSPS) is 9.00. The van der Waals surface area contributed by atoms with Gasteiger partial charge in [0, 0.05) is 0 Å². The maximum atomic E-state index is 6.49. The van der Waals surface area contributed by atoms with Crippen LogP contribution < -0.4 is 0 Å². The molecule has 0 saturated carbocycles. The second-order valence-electron chi connectivity index (χ2n) is 2.30. The minimum Gasteiger partial charge on any atom is -0.210 e. The van der Waals surface area contributed by atoms with E-state index in [9.17, 15) is 0 Å². The molecular weight excluding hydrogens is 112 g/mol. The fraction of sp³-hybridized carbons (Fsp3) is 0.714. The van der Waals surface area contributed by atoms with E-state index in [1.807, 2.05) is 6.92 Å². The largest absolute Gasteiger partial charge is 0.210 e. The fourth-order valence-electron chi connectivity index (χ4n) is 0.618. The summed E-state index contributed by atoms with van der Waals surface area (Å²) in [5, 5.41) is 3.25. The lowest BCUT2D eigenvalue weighted by molar-refractivity contribution is 0.714. The summed E-state index contributed by atoms with van der Waals surface area (Å²) < 4.78 is 0. The Morgan fingerprint density at radius 1 is 1.56 bits per heavy atom. The number of allylic oxidation sites excluding steroid dienone is 1. The number of nitrogens with one attached hydrogen (secondary N) is 1. The van der Waals surface area contributed by atoms with Crippen LogP contribution in [-0.4, -0.2) is 6.54 Å². The smallest absolute Gasteiger partial charge is 0.0596 e. The molecule has 0 aliphatic rings. The van der Waals surface area contributed by atoms with Gasteiger partial charge >= 0.3 is 0 Å². The molecule has 0 aromatic carbocycles. The van der Waals surface area contributed by atoms with Crippen LogP contribution in [0, 0.1) is 5.53 Å². The third kappa shape index (κ3) is 7.34. The first-order chi connectivity index (χ1) is 4.27. The molecule has 0 atom stereocenters. The van der Waals surface area contributed by atoms with Crippen molar-refractivity contribution < 1.29 is 0 Å². The standard InChI is InChI=1S/C7H14N2/c1-7(2)5-3-4-6-9-8/h8H,1,3-6H2,2H3. The summed E-state index contributed by atoms with van der Waals surface area (Å²) in [5.74, 6) is 0. The van der Waals surface area contributed by atoms with Gasteiger partial charge in [0.05, 0.1) is 6.54 Å². The van der Waals surface area contributed by atoms with Gasteiger partial charge in [-0.3, -0.25) is 0 Å². The Kier molecular flexibility index (Phi) is 5.07. The van der Waals surface area contributed by atoms with Gasteiger partial charge in [-0.05, 0) is 26.2 Å². The summed E-state index contributed by atoms with van der Waals surface area (Å²) >= 11 is 0. The Morgan fingerprint density at radius 2 is 2.22 bits per heavy atom. The highest BCUT2D eigenvalue weighted by Crippen LogP contribution is 2.02. The fourth-order valence-corrected chi connectivity index (χ4v) is 0.618. The molecule has 0 fully saturated rings. The molecule has 52 valence electrons. The van der Waals surface area contributed by atoms with Gasteiger partial charge in [0.1, 0.15) is 0 Å². The molecule has 0 spiro atoms. The van der Waals surface area contributed by atoms with E-state index in [1.165, 1.54) is 5.57 Å². The van der Waals surface area contributed by atoms with Crippen molar-refractivity contribution >= 4 is 0 Å². The van der Waals surface area contributed by atoms with E-state index >= 15 is 0 Å². The Bertz CT molecular complexity index is 97.1. The molecule has 0 saturated heterocycles. The van der Waals surface area contributed by atoms with Gasteiger partial charge in [0.25, 0.3) is 0 Å². The predicted molar refractivity (Wildman–Crippen MR) is 38.7 cm³/mol. The zero-order chi connectivity index (χ0) is 7.11. The molecule has 0 amide bonds. The number of rotatable bonds is 5. The van der Waals surface area contributed by atoms with Gasteiger partial charge in [0.2, 0.25) is 0 Å². The zero-order valence-corrected chi connectivity index (χ0v) is 5.98. The molecule has 1 N–H and O–H groups in total. The van der Waals surface area contributed by atoms with Crippen molar-refractivity contribution in [1.29, 1.82) is 5.53 Å². The van der Waals surface area contributed by atoms with E-state index in [0.717, 1.165) is 19.3 Å². The van der Waals surface area contributed by atoms with Crippen LogP contribution in [0.15, 0.2) is 17.3 Å². The minimum atomic E-state index is 0.674. The van der Waals surface area contributed by atoms with Gasteiger partial charge in [-0.2, -0.15) is 5.11 Å². The van der Waals surface area contributed by atoms with Crippen molar-refractivity contribution in [2.75, 3.05) is 6.54 Å². The van der Waals surface area contributed by atoms with Crippen molar-refractivity contribution in [3.05, 3.63) is 12.2 Å². The zero-order valence-electron chi connectivity index (χ0n) is 5.98. The summed E-state index contributed by atoms with van der Waals surface area (Å²) in [6, 6.07) is 0. The summed E-state index contributed by atoms with van der Waals surface area (Å²) in [6.07, 6.45) is 3.23. The molecule has 2 nitrogen and oxygen atoms in total. The highest BCUT2D eigenvalue weighted by Gasteiger charge is 1.86. The van der Waals surface area contributed by atoms with Crippen LogP contribution in [0.25, 0.3) is 0 Å². The van der Waals surface area contributed by atoms with Crippen LogP contribution >= 0.6 is 0 Å². The van der Waals surface area contributed by atoms with Crippen LogP contribution in [0.3, 0.4) is 0 Å². The lowest BCUT2D eigenvalue weighted by Gasteiger charge is -1.94. The Balaban J connectivity index is 2.91. The summed E-state index contributed by atoms with van der Waals surface area (Å²) in [5.41, 5.74) is 7.71.